The van der Waals surface area contributed by atoms with E-state index in [0.717, 1.165) is 41.4 Å². The van der Waals surface area contributed by atoms with Crippen molar-refractivity contribution in [3.63, 3.8) is 0 Å². The van der Waals surface area contributed by atoms with Gasteiger partial charge in [-0.25, -0.2) is 0 Å². The molecule has 22 heavy (non-hydrogen) atoms. The molecule has 0 aliphatic carbocycles. The molecule has 0 N–H and O–H groups in total. The van der Waals surface area contributed by atoms with E-state index in [9.17, 15) is 4.79 Å². The number of carbonyl (C=O) groups excluding carboxylic acids is 1. The van der Waals surface area contributed by atoms with E-state index >= 15 is 0 Å². The van der Waals surface area contributed by atoms with Crippen LogP contribution in [0.15, 0.2) is 42.5 Å². The molecule has 114 valence electrons. The predicted octanol–water partition coefficient (Wildman–Crippen LogP) is 5.09. The van der Waals surface area contributed by atoms with Crippen molar-refractivity contribution in [3.05, 3.63) is 52.4 Å². The Morgan fingerprint density at radius 1 is 1.05 bits per heavy atom. The Bertz CT molecular complexity index is 669. The molecule has 1 aromatic carbocycles. The number of piperidine rings is 1. The average molecular weight is 332 g/mol. The molecule has 0 bridgehead atoms. The maximum atomic E-state index is 12.1. The first kappa shape index (κ1) is 15.3. The van der Waals surface area contributed by atoms with Gasteiger partial charge < -0.3 is 4.90 Å². The first-order chi connectivity index (χ1) is 10.7. The van der Waals surface area contributed by atoms with Gasteiger partial charge in [0.05, 0.1) is 0 Å². The summed E-state index contributed by atoms with van der Waals surface area (Å²) in [5.41, 5.74) is 1.15. The molecule has 1 aliphatic heterocycles. The van der Waals surface area contributed by atoms with Gasteiger partial charge in [0.1, 0.15) is 0 Å². The van der Waals surface area contributed by atoms with Crippen molar-refractivity contribution in [3.8, 4) is 10.4 Å². The van der Waals surface area contributed by atoms with Gasteiger partial charge in [0.25, 0.3) is 0 Å². The lowest BCUT2D eigenvalue weighted by atomic mass is 10.1. The van der Waals surface area contributed by atoms with Gasteiger partial charge in [0.15, 0.2) is 0 Å². The van der Waals surface area contributed by atoms with Crippen LogP contribution < -0.4 is 0 Å². The zero-order chi connectivity index (χ0) is 15.4. The van der Waals surface area contributed by atoms with E-state index in [1.54, 1.807) is 17.4 Å². The summed E-state index contributed by atoms with van der Waals surface area (Å²) >= 11 is 7.59. The molecule has 2 heterocycles. The smallest absolute Gasteiger partial charge is 0.246 e. The van der Waals surface area contributed by atoms with Gasteiger partial charge in [-0.15, -0.1) is 11.3 Å². The third-order valence-electron chi connectivity index (χ3n) is 3.81. The van der Waals surface area contributed by atoms with Crippen LogP contribution in [0.25, 0.3) is 16.5 Å². The Hall–Kier alpha value is -1.58. The third-order valence-corrected chi connectivity index (χ3v) is 5.16. The minimum absolute atomic E-state index is 0.126. The Morgan fingerprint density at radius 2 is 1.77 bits per heavy atom. The standard InChI is InChI=1S/C18H18ClNOS/c19-15-6-4-14(5-7-15)17-10-8-16(22-17)9-11-18(21)20-12-2-1-3-13-20/h4-11H,1-3,12-13H2/b11-9+. The van der Waals surface area contributed by atoms with Crippen molar-refractivity contribution in [2.75, 3.05) is 13.1 Å². The first-order valence-electron chi connectivity index (χ1n) is 7.55. The highest BCUT2D eigenvalue weighted by Gasteiger charge is 2.13. The van der Waals surface area contributed by atoms with Crippen molar-refractivity contribution < 1.29 is 4.79 Å². The molecule has 0 atom stereocenters. The summed E-state index contributed by atoms with van der Waals surface area (Å²) in [5, 5.41) is 0.743. The molecule has 1 aliphatic rings. The minimum atomic E-state index is 0.126. The summed E-state index contributed by atoms with van der Waals surface area (Å²) in [6, 6.07) is 12.0. The Balaban J connectivity index is 1.67. The third kappa shape index (κ3) is 3.79. The summed E-state index contributed by atoms with van der Waals surface area (Å²) in [6.45, 7) is 1.78. The van der Waals surface area contributed by atoms with Crippen LogP contribution >= 0.6 is 22.9 Å². The second-order valence-corrected chi connectivity index (χ2v) is 6.98. The Morgan fingerprint density at radius 3 is 2.50 bits per heavy atom. The predicted molar refractivity (Wildman–Crippen MR) is 94.2 cm³/mol. The van der Waals surface area contributed by atoms with Gasteiger partial charge in [0, 0.05) is 33.9 Å². The average Bonchev–Trinajstić information content (AvgIpc) is 3.03. The van der Waals surface area contributed by atoms with E-state index in [2.05, 4.69) is 12.1 Å². The van der Waals surface area contributed by atoms with Gasteiger partial charge in [0.2, 0.25) is 5.91 Å². The number of rotatable bonds is 3. The quantitative estimate of drug-likeness (QED) is 0.717. The monoisotopic (exact) mass is 331 g/mol. The Labute approximate surface area is 140 Å². The van der Waals surface area contributed by atoms with E-state index < -0.39 is 0 Å². The number of benzene rings is 1. The fourth-order valence-corrected chi connectivity index (χ4v) is 3.63. The molecule has 0 radical (unpaired) electrons. The number of likely N-dealkylation sites (tertiary alicyclic amines) is 1. The van der Waals surface area contributed by atoms with Crippen LogP contribution in [0.1, 0.15) is 24.1 Å². The second-order valence-electron chi connectivity index (χ2n) is 5.43. The molecular weight excluding hydrogens is 314 g/mol. The minimum Gasteiger partial charge on any atom is -0.339 e. The van der Waals surface area contributed by atoms with Gasteiger partial charge in [-0.2, -0.15) is 0 Å². The lowest BCUT2D eigenvalue weighted by molar-refractivity contribution is -0.126. The lowest BCUT2D eigenvalue weighted by Crippen LogP contribution is -2.34. The highest BCUT2D eigenvalue weighted by molar-refractivity contribution is 7.16. The molecule has 0 saturated carbocycles. The van der Waals surface area contributed by atoms with Crippen molar-refractivity contribution in [1.82, 2.24) is 4.90 Å². The van der Waals surface area contributed by atoms with Crippen LogP contribution in [0.4, 0.5) is 0 Å². The van der Waals surface area contributed by atoms with Crippen molar-refractivity contribution in [2.24, 2.45) is 0 Å². The maximum absolute atomic E-state index is 12.1. The molecule has 0 unspecified atom stereocenters. The second kappa shape index (κ2) is 7.12. The van der Waals surface area contributed by atoms with Crippen LogP contribution in [0, 0.1) is 0 Å². The normalized spacial score (nSPS) is 15.4. The number of halogens is 1. The SMILES string of the molecule is O=C(/C=C/c1ccc(-c2ccc(Cl)cc2)s1)N1CCCCC1. The number of amides is 1. The van der Waals surface area contributed by atoms with Gasteiger partial charge >= 0.3 is 0 Å². The van der Waals surface area contributed by atoms with Crippen LogP contribution in [0.5, 0.6) is 0 Å². The van der Waals surface area contributed by atoms with Crippen LogP contribution in [-0.4, -0.2) is 23.9 Å². The van der Waals surface area contributed by atoms with E-state index in [1.807, 2.05) is 35.2 Å². The lowest BCUT2D eigenvalue weighted by Gasteiger charge is -2.25. The van der Waals surface area contributed by atoms with Crippen molar-refractivity contribution in [2.45, 2.75) is 19.3 Å². The van der Waals surface area contributed by atoms with Crippen LogP contribution in [0.2, 0.25) is 5.02 Å². The van der Waals surface area contributed by atoms with Gasteiger partial charge in [-0.05, 0) is 55.2 Å². The molecule has 0 spiro atoms. The first-order valence-corrected chi connectivity index (χ1v) is 8.74. The Kier molecular flexibility index (Phi) is 4.96. The summed E-state index contributed by atoms with van der Waals surface area (Å²) in [4.78, 5) is 16.3. The van der Waals surface area contributed by atoms with E-state index in [1.165, 1.54) is 11.3 Å². The van der Waals surface area contributed by atoms with Crippen LogP contribution in [0.3, 0.4) is 0 Å². The molecule has 1 amide bonds. The maximum Gasteiger partial charge on any atom is 0.246 e. The number of hydrogen-bond donors (Lipinski definition) is 0. The summed E-state index contributed by atoms with van der Waals surface area (Å²) < 4.78 is 0. The zero-order valence-corrected chi connectivity index (χ0v) is 13.9. The van der Waals surface area contributed by atoms with E-state index in [-0.39, 0.29) is 5.91 Å². The fraction of sp³-hybridized carbons (Fsp3) is 0.278. The highest BCUT2D eigenvalue weighted by Crippen LogP contribution is 2.29. The van der Waals surface area contributed by atoms with Crippen molar-refractivity contribution in [1.29, 1.82) is 0 Å². The summed E-state index contributed by atoms with van der Waals surface area (Å²) in [5.74, 6) is 0.126. The topological polar surface area (TPSA) is 20.3 Å². The molecule has 2 nitrogen and oxygen atoms in total. The number of nitrogens with zero attached hydrogens (tertiary/aromatic N) is 1. The number of hydrogen-bond acceptors (Lipinski definition) is 2. The molecule has 2 aromatic rings. The molecule has 1 aromatic heterocycles. The summed E-state index contributed by atoms with van der Waals surface area (Å²) in [7, 11) is 0. The van der Waals surface area contributed by atoms with E-state index in [4.69, 9.17) is 11.6 Å². The molecule has 3 rings (SSSR count). The van der Waals surface area contributed by atoms with Gasteiger partial charge in [-0.3, -0.25) is 4.79 Å². The van der Waals surface area contributed by atoms with Gasteiger partial charge in [-0.1, -0.05) is 23.7 Å². The largest absolute Gasteiger partial charge is 0.339 e. The van der Waals surface area contributed by atoms with E-state index in [0.29, 0.717) is 0 Å². The van der Waals surface area contributed by atoms with Crippen molar-refractivity contribution >= 4 is 34.9 Å². The fourth-order valence-electron chi connectivity index (χ4n) is 2.58. The molecular formula is C18H18ClNOS. The zero-order valence-electron chi connectivity index (χ0n) is 12.3. The number of thiophene rings is 1. The van der Waals surface area contributed by atoms with Crippen LogP contribution in [-0.2, 0) is 4.79 Å². The molecule has 4 heteroatoms. The highest BCUT2D eigenvalue weighted by atomic mass is 35.5. The number of carbonyl (C=O) groups is 1. The molecule has 1 saturated heterocycles. The molecule has 1 fully saturated rings. The summed E-state index contributed by atoms with van der Waals surface area (Å²) in [6.07, 6.45) is 7.10.